The highest BCUT2D eigenvalue weighted by molar-refractivity contribution is 6.30. The maximum atomic E-state index is 12.3. The van der Waals surface area contributed by atoms with Crippen LogP contribution in [0.25, 0.3) is 0 Å². The van der Waals surface area contributed by atoms with Crippen molar-refractivity contribution in [2.45, 2.75) is 26.8 Å². The maximum absolute atomic E-state index is 12.3. The second-order valence-electron chi connectivity index (χ2n) is 6.43. The SMILES string of the molecule is CCN(CC)CCC(=O)N1CCN(C(=O)NCc2cccc(Cl)c2)CC1. The molecule has 1 aliphatic rings. The number of piperazine rings is 1. The van der Waals surface area contributed by atoms with Gasteiger partial charge in [0.2, 0.25) is 5.91 Å². The van der Waals surface area contributed by atoms with E-state index in [0.29, 0.717) is 44.2 Å². The summed E-state index contributed by atoms with van der Waals surface area (Å²) in [6.07, 6.45) is 0.544. The van der Waals surface area contributed by atoms with E-state index in [-0.39, 0.29) is 11.9 Å². The summed E-state index contributed by atoms with van der Waals surface area (Å²) in [5.41, 5.74) is 0.969. The molecule has 144 valence electrons. The second-order valence-corrected chi connectivity index (χ2v) is 6.87. The summed E-state index contributed by atoms with van der Waals surface area (Å²) in [4.78, 5) is 30.5. The second kappa shape index (κ2) is 10.4. The van der Waals surface area contributed by atoms with Crippen molar-refractivity contribution in [3.63, 3.8) is 0 Å². The molecule has 0 spiro atoms. The molecule has 7 heteroatoms. The Morgan fingerprint density at radius 2 is 1.77 bits per heavy atom. The molecule has 1 aliphatic heterocycles. The van der Waals surface area contributed by atoms with Gasteiger partial charge >= 0.3 is 6.03 Å². The van der Waals surface area contributed by atoms with Crippen LogP contribution in [0.15, 0.2) is 24.3 Å². The average Bonchev–Trinajstić information content (AvgIpc) is 2.67. The first kappa shape index (κ1) is 20.5. The van der Waals surface area contributed by atoms with Gasteiger partial charge < -0.3 is 20.0 Å². The molecule has 1 fully saturated rings. The highest BCUT2D eigenvalue weighted by atomic mass is 35.5. The summed E-state index contributed by atoms with van der Waals surface area (Å²) < 4.78 is 0. The number of rotatable bonds is 7. The van der Waals surface area contributed by atoms with Crippen LogP contribution in [0.2, 0.25) is 5.02 Å². The van der Waals surface area contributed by atoms with Crippen molar-refractivity contribution in [1.82, 2.24) is 20.0 Å². The normalized spacial score (nSPS) is 14.6. The summed E-state index contributed by atoms with van der Waals surface area (Å²) in [7, 11) is 0. The van der Waals surface area contributed by atoms with Crippen LogP contribution in [0, 0.1) is 0 Å². The molecule has 1 aromatic carbocycles. The van der Waals surface area contributed by atoms with E-state index in [2.05, 4.69) is 24.1 Å². The summed E-state index contributed by atoms with van der Waals surface area (Å²) >= 11 is 5.95. The van der Waals surface area contributed by atoms with Gasteiger partial charge in [-0.3, -0.25) is 4.79 Å². The molecule has 1 N–H and O–H groups in total. The number of nitrogens with one attached hydrogen (secondary N) is 1. The number of carbonyl (C=O) groups excluding carboxylic acids is 2. The lowest BCUT2D eigenvalue weighted by Crippen LogP contribution is -2.53. The Balaban J connectivity index is 1.71. The molecular formula is C19H29ClN4O2. The highest BCUT2D eigenvalue weighted by Gasteiger charge is 2.23. The fourth-order valence-corrected chi connectivity index (χ4v) is 3.26. The average molecular weight is 381 g/mol. The standard InChI is InChI=1S/C19H29ClN4O2/c1-3-22(4-2)9-8-18(25)23-10-12-24(13-11-23)19(26)21-15-16-6-5-7-17(20)14-16/h5-7,14H,3-4,8-13,15H2,1-2H3,(H,21,26). The summed E-state index contributed by atoms with van der Waals surface area (Å²) in [5, 5.41) is 3.57. The Hall–Kier alpha value is -1.79. The number of carbonyl (C=O) groups is 2. The van der Waals surface area contributed by atoms with E-state index in [1.54, 1.807) is 4.90 Å². The Morgan fingerprint density at radius 3 is 2.38 bits per heavy atom. The van der Waals surface area contributed by atoms with Crippen molar-refractivity contribution >= 4 is 23.5 Å². The lowest BCUT2D eigenvalue weighted by molar-refractivity contribution is -0.132. The zero-order chi connectivity index (χ0) is 18.9. The highest BCUT2D eigenvalue weighted by Crippen LogP contribution is 2.11. The Bertz CT molecular complexity index is 599. The van der Waals surface area contributed by atoms with E-state index in [1.807, 2.05) is 29.2 Å². The van der Waals surface area contributed by atoms with Crippen molar-refractivity contribution < 1.29 is 9.59 Å². The third-order valence-electron chi connectivity index (χ3n) is 4.79. The summed E-state index contributed by atoms with van der Waals surface area (Å²) in [6.45, 7) is 9.72. The van der Waals surface area contributed by atoms with Gasteiger partial charge in [-0.05, 0) is 30.8 Å². The molecule has 0 atom stereocenters. The van der Waals surface area contributed by atoms with Crippen molar-refractivity contribution in [3.8, 4) is 0 Å². The molecule has 26 heavy (non-hydrogen) atoms. The summed E-state index contributed by atoms with van der Waals surface area (Å²) in [5.74, 6) is 0.177. The molecule has 0 saturated carbocycles. The molecule has 2 rings (SSSR count). The predicted molar refractivity (Wildman–Crippen MR) is 104 cm³/mol. The molecule has 6 nitrogen and oxygen atoms in total. The number of hydrogen-bond acceptors (Lipinski definition) is 3. The number of urea groups is 1. The number of nitrogens with zero attached hydrogens (tertiary/aromatic N) is 3. The van der Waals surface area contributed by atoms with Crippen LogP contribution in [0.5, 0.6) is 0 Å². The molecule has 1 heterocycles. The molecule has 1 saturated heterocycles. The first-order chi connectivity index (χ1) is 12.5. The van der Waals surface area contributed by atoms with Crippen molar-refractivity contribution in [2.24, 2.45) is 0 Å². The topological polar surface area (TPSA) is 55.9 Å². The number of halogens is 1. The van der Waals surface area contributed by atoms with Gasteiger partial charge in [-0.1, -0.05) is 37.6 Å². The minimum atomic E-state index is -0.0970. The quantitative estimate of drug-likeness (QED) is 0.790. The van der Waals surface area contributed by atoms with E-state index >= 15 is 0 Å². The number of benzene rings is 1. The number of amides is 3. The van der Waals surface area contributed by atoms with E-state index < -0.39 is 0 Å². The van der Waals surface area contributed by atoms with E-state index in [4.69, 9.17) is 11.6 Å². The monoisotopic (exact) mass is 380 g/mol. The van der Waals surface area contributed by atoms with Gasteiger partial charge in [0.05, 0.1) is 0 Å². The molecule has 0 aromatic heterocycles. The van der Waals surface area contributed by atoms with Gasteiger partial charge in [0.25, 0.3) is 0 Å². The van der Waals surface area contributed by atoms with Crippen LogP contribution in [-0.4, -0.2) is 72.5 Å². The van der Waals surface area contributed by atoms with Crippen LogP contribution in [0.3, 0.4) is 0 Å². The fourth-order valence-electron chi connectivity index (χ4n) is 3.05. The minimum Gasteiger partial charge on any atom is -0.339 e. The van der Waals surface area contributed by atoms with Crippen LogP contribution >= 0.6 is 11.6 Å². The third-order valence-corrected chi connectivity index (χ3v) is 5.02. The maximum Gasteiger partial charge on any atom is 0.317 e. The first-order valence-corrected chi connectivity index (χ1v) is 9.68. The van der Waals surface area contributed by atoms with Crippen molar-refractivity contribution in [3.05, 3.63) is 34.9 Å². The molecule has 0 unspecified atom stereocenters. The molecule has 1 aromatic rings. The van der Waals surface area contributed by atoms with Crippen molar-refractivity contribution in [1.29, 1.82) is 0 Å². The lowest BCUT2D eigenvalue weighted by Gasteiger charge is -2.35. The largest absolute Gasteiger partial charge is 0.339 e. The third kappa shape index (κ3) is 6.18. The van der Waals surface area contributed by atoms with E-state index in [9.17, 15) is 9.59 Å². The lowest BCUT2D eigenvalue weighted by atomic mass is 10.2. The summed E-state index contributed by atoms with van der Waals surface area (Å²) in [6, 6.07) is 7.35. The molecular weight excluding hydrogens is 352 g/mol. The van der Waals surface area contributed by atoms with E-state index in [1.165, 1.54) is 0 Å². The van der Waals surface area contributed by atoms with Crippen LogP contribution < -0.4 is 5.32 Å². The molecule has 0 radical (unpaired) electrons. The molecule has 3 amide bonds. The van der Waals surface area contributed by atoms with Gasteiger partial charge in [0.15, 0.2) is 0 Å². The predicted octanol–water partition coefficient (Wildman–Crippen LogP) is 2.43. The van der Waals surface area contributed by atoms with Crippen LogP contribution in [-0.2, 0) is 11.3 Å². The van der Waals surface area contributed by atoms with Crippen molar-refractivity contribution in [2.75, 3.05) is 45.8 Å². The van der Waals surface area contributed by atoms with Gasteiger partial charge in [0, 0.05) is 50.7 Å². The van der Waals surface area contributed by atoms with Gasteiger partial charge in [-0.15, -0.1) is 0 Å². The molecule has 0 bridgehead atoms. The Labute approximate surface area is 161 Å². The minimum absolute atomic E-state index is 0.0970. The Kier molecular flexibility index (Phi) is 8.19. The number of hydrogen-bond donors (Lipinski definition) is 1. The Morgan fingerprint density at radius 1 is 1.12 bits per heavy atom. The van der Waals surface area contributed by atoms with Gasteiger partial charge in [-0.2, -0.15) is 0 Å². The van der Waals surface area contributed by atoms with Gasteiger partial charge in [-0.25, -0.2) is 4.79 Å². The zero-order valence-electron chi connectivity index (χ0n) is 15.7. The first-order valence-electron chi connectivity index (χ1n) is 9.30. The zero-order valence-corrected chi connectivity index (χ0v) is 16.5. The van der Waals surface area contributed by atoms with E-state index in [0.717, 1.165) is 25.2 Å². The smallest absolute Gasteiger partial charge is 0.317 e. The van der Waals surface area contributed by atoms with Crippen LogP contribution in [0.1, 0.15) is 25.8 Å². The fraction of sp³-hybridized carbons (Fsp3) is 0.579. The van der Waals surface area contributed by atoms with Gasteiger partial charge in [0.1, 0.15) is 0 Å². The van der Waals surface area contributed by atoms with Crippen LogP contribution in [0.4, 0.5) is 4.79 Å². The molecule has 0 aliphatic carbocycles.